The molecule has 0 aliphatic carbocycles. The molecule has 2 heterocycles. The zero-order valence-electron chi connectivity index (χ0n) is 12.7. The van der Waals surface area contributed by atoms with Gasteiger partial charge in [-0.2, -0.15) is 0 Å². The van der Waals surface area contributed by atoms with Crippen LogP contribution in [0.15, 0.2) is 69.3 Å². The van der Waals surface area contributed by atoms with Crippen LogP contribution >= 0.6 is 0 Å². The second-order valence-corrected chi connectivity index (χ2v) is 4.98. The lowest BCUT2D eigenvalue weighted by molar-refractivity contribution is -0.132. The Labute approximate surface area is 141 Å². The first-order chi connectivity index (χ1) is 12.0. The Kier molecular flexibility index (Phi) is 4.47. The van der Waals surface area contributed by atoms with Crippen LogP contribution in [0.3, 0.4) is 0 Å². The number of benzene rings is 1. The van der Waals surface area contributed by atoms with Crippen LogP contribution in [0.1, 0.15) is 16.3 Å². The molecule has 0 atom stereocenters. The summed E-state index contributed by atoms with van der Waals surface area (Å²) in [4.78, 5) is 23.2. The van der Waals surface area contributed by atoms with Gasteiger partial charge in [-0.25, -0.2) is 9.18 Å². The van der Waals surface area contributed by atoms with E-state index in [1.165, 1.54) is 36.6 Å². The molecular formula is C18H12FNO5. The van der Waals surface area contributed by atoms with Crippen molar-refractivity contribution < 1.29 is 27.9 Å². The Morgan fingerprint density at radius 2 is 1.88 bits per heavy atom. The average molecular weight is 341 g/mol. The lowest BCUT2D eigenvalue weighted by atomic mass is 10.1. The molecule has 3 aromatic rings. The molecule has 0 saturated carbocycles. The molecule has 0 aliphatic rings. The molecule has 0 bridgehead atoms. The van der Waals surface area contributed by atoms with Crippen LogP contribution in [-0.2, 0) is 4.79 Å². The molecule has 1 amide bonds. The van der Waals surface area contributed by atoms with E-state index in [1.807, 2.05) is 0 Å². The number of carboxylic acids is 1. The van der Waals surface area contributed by atoms with Crippen molar-refractivity contribution in [1.82, 2.24) is 5.32 Å². The predicted octanol–water partition coefficient (Wildman–Crippen LogP) is 3.53. The molecule has 2 aromatic heterocycles. The molecule has 6 nitrogen and oxygen atoms in total. The highest BCUT2D eigenvalue weighted by atomic mass is 19.1. The maximum atomic E-state index is 13.8. The van der Waals surface area contributed by atoms with Gasteiger partial charge in [-0.05, 0) is 36.4 Å². The average Bonchev–Trinajstić information content (AvgIpc) is 3.26. The summed E-state index contributed by atoms with van der Waals surface area (Å²) < 4.78 is 24.1. The fourth-order valence-electron chi connectivity index (χ4n) is 2.12. The molecule has 0 spiro atoms. The van der Waals surface area contributed by atoms with Gasteiger partial charge in [0.05, 0.1) is 11.8 Å². The molecule has 3 rings (SSSR count). The van der Waals surface area contributed by atoms with Gasteiger partial charge in [-0.3, -0.25) is 4.79 Å². The first-order valence-electron chi connectivity index (χ1n) is 7.19. The molecule has 7 heteroatoms. The number of amides is 1. The Morgan fingerprint density at radius 1 is 1.08 bits per heavy atom. The van der Waals surface area contributed by atoms with Gasteiger partial charge in [-0.15, -0.1) is 0 Å². The maximum Gasteiger partial charge on any atom is 0.352 e. The van der Waals surface area contributed by atoms with E-state index in [0.717, 1.165) is 6.08 Å². The zero-order chi connectivity index (χ0) is 17.8. The van der Waals surface area contributed by atoms with Crippen molar-refractivity contribution in [1.29, 1.82) is 0 Å². The largest absolute Gasteiger partial charge is 0.477 e. The van der Waals surface area contributed by atoms with Gasteiger partial charge < -0.3 is 19.3 Å². The van der Waals surface area contributed by atoms with Crippen LogP contribution in [-0.4, -0.2) is 17.0 Å². The summed E-state index contributed by atoms with van der Waals surface area (Å²) in [6.07, 6.45) is 2.43. The zero-order valence-corrected chi connectivity index (χ0v) is 12.7. The van der Waals surface area contributed by atoms with Crippen molar-refractivity contribution >= 4 is 18.0 Å². The highest BCUT2D eigenvalue weighted by Crippen LogP contribution is 2.25. The normalized spacial score (nSPS) is 11.3. The third-order valence-electron chi connectivity index (χ3n) is 3.28. The predicted molar refractivity (Wildman–Crippen MR) is 85.9 cm³/mol. The molecular weight excluding hydrogens is 329 g/mol. The summed E-state index contributed by atoms with van der Waals surface area (Å²) in [5.41, 5.74) is -0.158. The summed E-state index contributed by atoms with van der Waals surface area (Å²) in [7, 11) is 0. The number of carbonyl (C=O) groups excluding carboxylic acids is 1. The van der Waals surface area contributed by atoms with Crippen molar-refractivity contribution in [3.05, 3.63) is 77.8 Å². The minimum atomic E-state index is -1.36. The number of hydrogen-bond donors (Lipinski definition) is 2. The van der Waals surface area contributed by atoms with E-state index in [2.05, 4.69) is 5.32 Å². The third kappa shape index (κ3) is 3.66. The first-order valence-corrected chi connectivity index (χ1v) is 7.19. The molecule has 126 valence electrons. The van der Waals surface area contributed by atoms with Crippen LogP contribution in [0.5, 0.6) is 0 Å². The fraction of sp³-hybridized carbons (Fsp3) is 0. The van der Waals surface area contributed by atoms with Gasteiger partial charge in [0.1, 0.15) is 23.0 Å². The van der Waals surface area contributed by atoms with Gasteiger partial charge >= 0.3 is 5.97 Å². The van der Waals surface area contributed by atoms with E-state index in [1.54, 1.807) is 18.2 Å². The van der Waals surface area contributed by atoms with Gasteiger partial charge in [0.25, 0.3) is 5.91 Å². The monoisotopic (exact) mass is 341 g/mol. The van der Waals surface area contributed by atoms with Gasteiger partial charge in [0, 0.05) is 6.08 Å². The Morgan fingerprint density at radius 3 is 2.56 bits per heavy atom. The van der Waals surface area contributed by atoms with Crippen molar-refractivity contribution in [2.45, 2.75) is 0 Å². The fourth-order valence-corrected chi connectivity index (χ4v) is 2.12. The Balaban J connectivity index is 1.85. The minimum absolute atomic E-state index is 0.0290. The van der Waals surface area contributed by atoms with Crippen LogP contribution in [0.2, 0.25) is 0 Å². The number of carboxylic acid groups (broad SMARTS) is 1. The molecule has 0 unspecified atom stereocenters. The van der Waals surface area contributed by atoms with Crippen LogP contribution in [0.25, 0.3) is 17.4 Å². The highest BCUT2D eigenvalue weighted by Gasteiger charge is 2.16. The SMILES string of the molecule is O=C(O)C(=Cc1ccc(-c2ccccc2F)o1)NC(=O)c1ccco1. The maximum absolute atomic E-state index is 13.8. The standard InChI is InChI=1S/C18H12FNO5/c19-13-5-2-1-4-12(13)15-8-7-11(25-15)10-14(18(22)23)20-17(21)16-6-3-9-24-16/h1-10H,(H,20,21)(H,22,23). The number of rotatable bonds is 5. The minimum Gasteiger partial charge on any atom is -0.477 e. The van der Waals surface area contributed by atoms with Crippen LogP contribution in [0.4, 0.5) is 4.39 Å². The van der Waals surface area contributed by atoms with E-state index < -0.39 is 23.4 Å². The van der Waals surface area contributed by atoms with E-state index in [-0.39, 0.29) is 22.8 Å². The summed E-state index contributed by atoms with van der Waals surface area (Å²) in [5.74, 6) is -2.17. The molecule has 1 aromatic carbocycles. The van der Waals surface area contributed by atoms with E-state index in [0.29, 0.717) is 0 Å². The first kappa shape index (κ1) is 16.3. The lowest BCUT2D eigenvalue weighted by Gasteiger charge is -2.03. The number of carbonyl (C=O) groups is 2. The van der Waals surface area contributed by atoms with Gasteiger partial charge in [-0.1, -0.05) is 12.1 Å². The number of aliphatic carboxylic acids is 1. The number of halogens is 1. The Bertz CT molecular complexity index is 940. The summed E-state index contributed by atoms with van der Waals surface area (Å²) >= 11 is 0. The topological polar surface area (TPSA) is 92.7 Å². The second kappa shape index (κ2) is 6.88. The van der Waals surface area contributed by atoms with E-state index in [9.17, 15) is 19.1 Å². The second-order valence-electron chi connectivity index (χ2n) is 4.98. The molecule has 2 N–H and O–H groups in total. The third-order valence-corrected chi connectivity index (χ3v) is 3.28. The molecule has 0 aliphatic heterocycles. The number of hydrogen-bond acceptors (Lipinski definition) is 4. The van der Waals surface area contributed by atoms with Crippen LogP contribution in [0, 0.1) is 5.82 Å². The molecule has 0 radical (unpaired) electrons. The molecule has 25 heavy (non-hydrogen) atoms. The molecule has 0 saturated heterocycles. The van der Waals surface area contributed by atoms with Crippen molar-refractivity contribution in [3.8, 4) is 11.3 Å². The van der Waals surface area contributed by atoms with Crippen molar-refractivity contribution in [3.63, 3.8) is 0 Å². The van der Waals surface area contributed by atoms with E-state index in [4.69, 9.17) is 8.83 Å². The molecule has 0 fully saturated rings. The smallest absolute Gasteiger partial charge is 0.352 e. The van der Waals surface area contributed by atoms with Gasteiger partial charge in [0.15, 0.2) is 5.76 Å². The van der Waals surface area contributed by atoms with Crippen LogP contribution < -0.4 is 5.32 Å². The summed E-state index contributed by atoms with van der Waals surface area (Å²) in [6.45, 7) is 0. The lowest BCUT2D eigenvalue weighted by Crippen LogP contribution is -2.26. The summed E-state index contributed by atoms with van der Waals surface area (Å²) in [5, 5.41) is 11.5. The summed E-state index contributed by atoms with van der Waals surface area (Å²) in [6, 6.07) is 11.9. The number of furan rings is 2. The van der Waals surface area contributed by atoms with E-state index >= 15 is 0 Å². The Hall–Kier alpha value is -3.61. The van der Waals surface area contributed by atoms with Crippen molar-refractivity contribution in [2.75, 3.05) is 0 Å². The highest BCUT2D eigenvalue weighted by molar-refractivity contribution is 6.01. The quantitative estimate of drug-likeness (QED) is 0.693. The van der Waals surface area contributed by atoms with Gasteiger partial charge in [0.2, 0.25) is 0 Å². The number of nitrogens with one attached hydrogen (secondary N) is 1. The van der Waals surface area contributed by atoms with Crippen molar-refractivity contribution in [2.24, 2.45) is 0 Å².